The monoisotopic (exact) mass is 764 g/mol. The molecule has 1 amide bonds. The van der Waals surface area contributed by atoms with Crippen molar-refractivity contribution in [1.82, 2.24) is 5.32 Å². The Labute approximate surface area is 316 Å². The van der Waals surface area contributed by atoms with E-state index in [1.54, 1.807) is 6.08 Å². The van der Waals surface area contributed by atoms with Crippen LogP contribution in [0, 0.1) is 0 Å². The second kappa shape index (κ2) is 28.2. The van der Waals surface area contributed by atoms with E-state index >= 15 is 0 Å². The van der Waals surface area contributed by atoms with E-state index in [0.29, 0.717) is 6.42 Å². The number of aliphatic hydroxyl groups is 8. The molecule has 0 aromatic rings. The van der Waals surface area contributed by atoms with Crippen LogP contribution in [-0.2, 0) is 23.7 Å². The van der Waals surface area contributed by atoms with Crippen LogP contribution in [0.5, 0.6) is 0 Å². The van der Waals surface area contributed by atoms with Gasteiger partial charge in [-0.3, -0.25) is 4.79 Å². The molecule has 2 rings (SSSR count). The molecular weight excluding hydrogens is 690 g/mol. The molecule has 0 aromatic heterocycles. The van der Waals surface area contributed by atoms with E-state index < -0.39 is 86.8 Å². The molecule has 2 fully saturated rings. The third-order valence-electron chi connectivity index (χ3n) is 10.2. The quantitative estimate of drug-likeness (QED) is 0.0395. The van der Waals surface area contributed by atoms with Crippen molar-refractivity contribution in [3.63, 3.8) is 0 Å². The molecule has 2 saturated heterocycles. The average molecular weight is 764 g/mol. The van der Waals surface area contributed by atoms with Crippen molar-refractivity contribution >= 4 is 5.91 Å². The molecule has 0 aromatic carbocycles. The molecule has 2 aliphatic rings. The fraction of sp³-hybridized carbons (Fsp3) is 0.923. The van der Waals surface area contributed by atoms with Crippen molar-refractivity contribution in [2.45, 2.75) is 209 Å². The number of unbranched alkanes of at least 4 members (excludes halogenated alkanes) is 16. The zero-order valence-corrected chi connectivity index (χ0v) is 32.3. The van der Waals surface area contributed by atoms with Crippen molar-refractivity contribution in [2.24, 2.45) is 0 Å². The lowest BCUT2D eigenvalue weighted by molar-refractivity contribution is -0.359. The minimum Gasteiger partial charge on any atom is -0.394 e. The minimum absolute atomic E-state index is 0.255. The number of amides is 1. The Bertz CT molecular complexity index is 956. The van der Waals surface area contributed by atoms with Gasteiger partial charge in [0.05, 0.1) is 32.0 Å². The van der Waals surface area contributed by atoms with Crippen LogP contribution in [0.3, 0.4) is 0 Å². The highest BCUT2D eigenvalue weighted by molar-refractivity contribution is 5.76. The summed E-state index contributed by atoms with van der Waals surface area (Å²) in [6.07, 6.45) is 7.48. The molecule has 312 valence electrons. The minimum atomic E-state index is -1.78. The van der Waals surface area contributed by atoms with E-state index in [1.807, 2.05) is 6.08 Å². The number of ether oxygens (including phenoxy) is 4. The fourth-order valence-corrected chi connectivity index (χ4v) is 6.76. The Balaban J connectivity index is 1.91. The van der Waals surface area contributed by atoms with Crippen LogP contribution in [0.1, 0.15) is 136 Å². The van der Waals surface area contributed by atoms with E-state index in [0.717, 1.165) is 44.9 Å². The Morgan fingerprint density at radius 1 is 0.660 bits per heavy atom. The Hall–Kier alpha value is -1.27. The number of hydrogen-bond donors (Lipinski definition) is 9. The van der Waals surface area contributed by atoms with Gasteiger partial charge < -0.3 is 65.1 Å². The van der Waals surface area contributed by atoms with Crippen LogP contribution < -0.4 is 5.32 Å². The number of aliphatic hydroxyl groups excluding tert-OH is 8. The lowest BCUT2D eigenvalue weighted by Crippen LogP contribution is -2.65. The number of rotatable bonds is 29. The molecule has 53 heavy (non-hydrogen) atoms. The van der Waals surface area contributed by atoms with Crippen molar-refractivity contribution < 1.29 is 64.6 Å². The molecule has 14 heteroatoms. The van der Waals surface area contributed by atoms with Gasteiger partial charge in [-0.15, -0.1) is 0 Å². The summed E-state index contributed by atoms with van der Waals surface area (Å²) < 4.78 is 22.5. The lowest BCUT2D eigenvalue weighted by Gasteiger charge is -2.46. The van der Waals surface area contributed by atoms with Crippen molar-refractivity contribution in [3.05, 3.63) is 12.2 Å². The maximum atomic E-state index is 12.9. The van der Waals surface area contributed by atoms with E-state index in [1.165, 1.54) is 64.2 Å². The molecule has 2 aliphatic heterocycles. The van der Waals surface area contributed by atoms with Gasteiger partial charge in [0, 0.05) is 6.42 Å². The van der Waals surface area contributed by atoms with Gasteiger partial charge in [-0.1, -0.05) is 122 Å². The van der Waals surface area contributed by atoms with Gasteiger partial charge in [0.15, 0.2) is 12.6 Å². The van der Waals surface area contributed by atoms with Crippen LogP contribution in [0.4, 0.5) is 0 Å². The number of carbonyl (C=O) groups excluding carboxylic acids is 1. The van der Waals surface area contributed by atoms with Crippen molar-refractivity contribution in [2.75, 3.05) is 19.8 Å². The topological polar surface area (TPSA) is 228 Å². The maximum Gasteiger partial charge on any atom is 0.220 e. The zero-order valence-electron chi connectivity index (χ0n) is 32.3. The number of nitrogens with one attached hydrogen (secondary N) is 1. The molecule has 12 unspecified atom stereocenters. The average Bonchev–Trinajstić information content (AvgIpc) is 3.15. The Morgan fingerprint density at radius 2 is 1.17 bits per heavy atom. The van der Waals surface area contributed by atoms with Gasteiger partial charge in [0.1, 0.15) is 48.8 Å². The summed E-state index contributed by atoms with van der Waals surface area (Å²) in [5.41, 5.74) is 0. The summed E-state index contributed by atoms with van der Waals surface area (Å²) in [6.45, 7) is 2.64. The summed E-state index contributed by atoms with van der Waals surface area (Å²) in [7, 11) is 0. The van der Waals surface area contributed by atoms with Crippen LogP contribution >= 0.6 is 0 Å². The second-order valence-electron chi connectivity index (χ2n) is 14.8. The van der Waals surface area contributed by atoms with Gasteiger partial charge in [-0.2, -0.15) is 0 Å². The zero-order chi connectivity index (χ0) is 39.0. The van der Waals surface area contributed by atoms with E-state index in [-0.39, 0.29) is 18.9 Å². The maximum absolute atomic E-state index is 12.9. The predicted molar refractivity (Wildman–Crippen MR) is 199 cm³/mol. The Kier molecular flexibility index (Phi) is 25.5. The number of allylic oxidation sites excluding steroid dienone is 1. The SMILES string of the molecule is CCCCCCCCCCCCCC/C=C/C(O)C(COC1OC(CO)C(OC2OC(CO)C(O)C(O)C2O)C(O)C1O)NC(=O)CCCCCCC. The molecule has 0 aliphatic carbocycles. The summed E-state index contributed by atoms with van der Waals surface area (Å²) in [6, 6.07) is -0.903. The van der Waals surface area contributed by atoms with Gasteiger partial charge in [-0.25, -0.2) is 0 Å². The highest BCUT2D eigenvalue weighted by Gasteiger charge is 2.50. The summed E-state index contributed by atoms with van der Waals surface area (Å²) >= 11 is 0. The van der Waals surface area contributed by atoms with Crippen LogP contribution in [-0.4, -0.2) is 140 Å². The van der Waals surface area contributed by atoms with Gasteiger partial charge in [0.25, 0.3) is 0 Å². The van der Waals surface area contributed by atoms with Crippen molar-refractivity contribution in [3.8, 4) is 0 Å². The van der Waals surface area contributed by atoms with Crippen LogP contribution in [0.25, 0.3) is 0 Å². The molecule has 9 N–H and O–H groups in total. The van der Waals surface area contributed by atoms with Gasteiger partial charge in [-0.05, 0) is 19.3 Å². The smallest absolute Gasteiger partial charge is 0.220 e. The first-order valence-corrected chi connectivity index (χ1v) is 20.4. The standard InChI is InChI=1S/C39H73NO13/c1-3-5-7-9-10-11-12-13-14-15-16-17-19-20-22-28(43)27(40-31(44)23-21-18-8-6-4-2)26-50-38-36(49)34(47)37(30(25-42)52-38)53-39-35(48)33(46)32(45)29(24-41)51-39/h20,22,27-30,32-39,41-43,45-49H,3-19,21,23-26H2,1-2H3,(H,40,44)/b22-20+. The highest BCUT2D eigenvalue weighted by atomic mass is 16.7. The van der Waals surface area contributed by atoms with E-state index in [4.69, 9.17) is 18.9 Å². The third kappa shape index (κ3) is 17.6. The number of hydrogen-bond acceptors (Lipinski definition) is 13. The van der Waals surface area contributed by atoms with Crippen LogP contribution in [0.2, 0.25) is 0 Å². The summed E-state index contributed by atoms with van der Waals surface area (Å²) in [4.78, 5) is 12.9. The summed E-state index contributed by atoms with van der Waals surface area (Å²) in [5.74, 6) is -0.255. The predicted octanol–water partition coefficient (Wildman–Crippen LogP) is 2.48. The van der Waals surface area contributed by atoms with Crippen molar-refractivity contribution in [1.29, 1.82) is 0 Å². The van der Waals surface area contributed by atoms with E-state index in [9.17, 15) is 45.6 Å². The van der Waals surface area contributed by atoms with Gasteiger partial charge >= 0.3 is 0 Å². The largest absolute Gasteiger partial charge is 0.394 e. The molecule has 14 nitrogen and oxygen atoms in total. The molecule has 0 bridgehead atoms. The third-order valence-corrected chi connectivity index (χ3v) is 10.2. The molecular formula is C39H73NO13. The summed E-state index contributed by atoms with van der Waals surface area (Å²) in [5, 5.41) is 85.9. The number of carbonyl (C=O) groups is 1. The molecule has 0 saturated carbocycles. The van der Waals surface area contributed by atoms with Crippen LogP contribution in [0.15, 0.2) is 12.2 Å². The molecule has 12 atom stereocenters. The second-order valence-corrected chi connectivity index (χ2v) is 14.8. The normalized spacial score (nSPS) is 30.5. The van der Waals surface area contributed by atoms with E-state index in [2.05, 4.69) is 19.2 Å². The lowest BCUT2D eigenvalue weighted by atomic mass is 9.97. The molecule has 0 spiro atoms. The Morgan fingerprint density at radius 3 is 1.74 bits per heavy atom. The highest BCUT2D eigenvalue weighted by Crippen LogP contribution is 2.29. The first-order chi connectivity index (χ1) is 25.6. The molecule has 0 radical (unpaired) electrons. The molecule has 2 heterocycles. The fourth-order valence-electron chi connectivity index (χ4n) is 6.76. The first-order valence-electron chi connectivity index (χ1n) is 20.4. The first kappa shape index (κ1) is 47.9. The van der Waals surface area contributed by atoms with Gasteiger partial charge in [0.2, 0.25) is 5.91 Å².